The van der Waals surface area contributed by atoms with E-state index < -0.39 is 6.10 Å². The van der Waals surface area contributed by atoms with Crippen molar-refractivity contribution < 1.29 is 14.6 Å². The molecule has 0 amide bonds. The normalized spacial score (nSPS) is 12.9. The van der Waals surface area contributed by atoms with Crippen LogP contribution in [0.15, 0.2) is 24.3 Å². The van der Waals surface area contributed by atoms with E-state index in [1.54, 1.807) is 7.11 Å². The lowest BCUT2D eigenvalue weighted by Crippen LogP contribution is -2.41. The second-order valence-electron chi connectivity index (χ2n) is 5.40. The van der Waals surface area contributed by atoms with Crippen LogP contribution in [0.25, 0.3) is 0 Å². The number of nitrogens with zero attached hydrogens (tertiary/aromatic N) is 1. The van der Waals surface area contributed by atoms with Crippen LogP contribution in [-0.4, -0.2) is 55.6 Å². The topological polar surface area (TPSA) is 68.0 Å². The fourth-order valence-corrected chi connectivity index (χ4v) is 2.05. The Morgan fingerprint density at radius 2 is 2.10 bits per heavy atom. The maximum Gasteiger partial charge on any atom is 0.119 e. The molecule has 21 heavy (non-hydrogen) atoms. The van der Waals surface area contributed by atoms with E-state index in [0.29, 0.717) is 25.7 Å². The highest BCUT2D eigenvalue weighted by molar-refractivity contribution is 5.28. The number of rotatable bonds is 10. The molecule has 0 saturated heterocycles. The predicted octanol–water partition coefficient (Wildman–Crippen LogP) is 1.24. The summed E-state index contributed by atoms with van der Waals surface area (Å²) < 4.78 is 10.7. The van der Waals surface area contributed by atoms with Gasteiger partial charge in [-0.3, -0.25) is 4.90 Å². The van der Waals surface area contributed by atoms with Crippen LogP contribution in [0, 0.1) is 0 Å². The van der Waals surface area contributed by atoms with E-state index in [1.807, 2.05) is 24.3 Å². The monoisotopic (exact) mass is 296 g/mol. The molecule has 1 unspecified atom stereocenters. The summed E-state index contributed by atoms with van der Waals surface area (Å²) in [5.41, 5.74) is 6.62. The number of aliphatic hydroxyl groups excluding tert-OH is 1. The highest BCUT2D eigenvalue weighted by Gasteiger charge is 2.15. The smallest absolute Gasteiger partial charge is 0.119 e. The van der Waals surface area contributed by atoms with E-state index in [2.05, 4.69) is 18.7 Å². The summed E-state index contributed by atoms with van der Waals surface area (Å²) in [4.78, 5) is 2.17. The fraction of sp³-hybridized carbons (Fsp3) is 0.625. The van der Waals surface area contributed by atoms with Crippen LogP contribution in [0.3, 0.4) is 0 Å². The van der Waals surface area contributed by atoms with Gasteiger partial charge in [-0.25, -0.2) is 0 Å². The first-order valence-electron chi connectivity index (χ1n) is 7.39. The lowest BCUT2D eigenvalue weighted by atomic mass is 10.2. The van der Waals surface area contributed by atoms with Crippen LogP contribution >= 0.6 is 0 Å². The predicted molar refractivity (Wildman–Crippen MR) is 84.4 cm³/mol. The molecule has 0 bridgehead atoms. The van der Waals surface area contributed by atoms with E-state index in [1.165, 1.54) is 0 Å². The van der Waals surface area contributed by atoms with Gasteiger partial charge in [0.05, 0.1) is 6.61 Å². The third-order valence-electron chi connectivity index (χ3n) is 3.33. The Hall–Kier alpha value is -1.14. The van der Waals surface area contributed by atoms with E-state index in [9.17, 15) is 5.11 Å². The van der Waals surface area contributed by atoms with E-state index >= 15 is 0 Å². The quantitative estimate of drug-likeness (QED) is 0.680. The van der Waals surface area contributed by atoms with Gasteiger partial charge in [-0.2, -0.15) is 0 Å². The van der Waals surface area contributed by atoms with Crippen molar-refractivity contribution in [2.24, 2.45) is 5.73 Å². The second-order valence-corrected chi connectivity index (χ2v) is 5.40. The van der Waals surface area contributed by atoms with E-state index in [0.717, 1.165) is 17.9 Å². The molecule has 3 N–H and O–H groups in total. The van der Waals surface area contributed by atoms with E-state index in [4.69, 9.17) is 15.2 Å². The van der Waals surface area contributed by atoms with Gasteiger partial charge in [-0.15, -0.1) is 0 Å². The fourth-order valence-electron chi connectivity index (χ4n) is 2.05. The molecule has 0 radical (unpaired) electrons. The molecule has 1 aromatic carbocycles. The first-order chi connectivity index (χ1) is 10.1. The summed E-state index contributed by atoms with van der Waals surface area (Å²) in [6.45, 7) is 6.99. The summed E-state index contributed by atoms with van der Waals surface area (Å²) in [7, 11) is 1.68. The first-order valence-corrected chi connectivity index (χ1v) is 7.39. The van der Waals surface area contributed by atoms with Gasteiger partial charge >= 0.3 is 0 Å². The van der Waals surface area contributed by atoms with Crippen molar-refractivity contribution in [1.29, 1.82) is 0 Å². The lowest BCUT2D eigenvalue weighted by Gasteiger charge is -2.28. The molecular weight excluding hydrogens is 268 g/mol. The van der Waals surface area contributed by atoms with E-state index in [-0.39, 0.29) is 6.61 Å². The number of hydrogen-bond acceptors (Lipinski definition) is 5. The highest BCUT2D eigenvalue weighted by atomic mass is 16.5. The van der Waals surface area contributed by atoms with Crippen molar-refractivity contribution in [1.82, 2.24) is 4.90 Å². The molecule has 0 aliphatic heterocycles. The molecule has 0 heterocycles. The Kier molecular flexibility index (Phi) is 8.30. The van der Waals surface area contributed by atoms with Crippen LogP contribution in [0.1, 0.15) is 19.4 Å². The molecule has 0 spiro atoms. The zero-order valence-electron chi connectivity index (χ0n) is 13.3. The van der Waals surface area contributed by atoms with Gasteiger partial charge in [-0.1, -0.05) is 12.1 Å². The summed E-state index contributed by atoms with van der Waals surface area (Å²) in [5.74, 6) is 0.741. The molecule has 0 aromatic heterocycles. The summed E-state index contributed by atoms with van der Waals surface area (Å²) >= 11 is 0. The maximum absolute atomic E-state index is 10.1. The summed E-state index contributed by atoms with van der Waals surface area (Å²) in [6.07, 6.45) is -0.536. The van der Waals surface area contributed by atoms with Gasteiger partial charge in [0.25, 0.3) is 0 Å². The molecule has 1 atom stereocenters. The Labute approximate surface area is 127 Å². The minimum Gasteiger partial charge on any atom is -0.491 e. The zero-order valence-corrected chi connectivity index (χ0v) is 13.3. The average molecular weight is 296 g/mol. The van der Waals surface area contributed by atoms with Gasteiger partial charge in [-0.05, 0) is 31.5 Å². The highest BCUT2D eigenvalue weighted by Crippen LogP contribution is 2.13. The number of methoxy groups -OCH3 is 1. The first kappa shape index (κ1) is 17.9. The Morgan fingerprint density at radius 1 is 1.33 bits per heavy atom. The van der Waals surface area contributed by atoms with Crippen molar-refractivity contribution >= 4 is 0 Å². The van der Waals surface area contributed by atoms with Crippen molar-refractivity contribution in [2.45, 2.75) is 32.5 Å². The number of aliphatic hydroxyl groups is 1. The maximum atomic E-state index is 10.1. The van der Waals surface area contributed by atoms with Crippen LogP contribution in [0.2, 0.25) is 0 Å². The molecule has 1 rings (SSSR count). The Bertz CT molecular complexity index is 399. The number of hydrogen-bond donors (Lipinski definition) is 2. The second kappa shape index (κ2) is 9.73. The van der Waals surface area contributed by atoms with Crippen LogP contribution < -0.4 is 10.5 Å². The molecule has 5 heteroatoms. The minimum atomic E-state index is -0.536. The molecule has 120 valence electrons. The minimum absolute atomic E-state index is 0.268. The van der Waals surface area contributed by atoms with Crippen molar-refractivity contribution in [3.8, 4) is 5.75 Å². The third-order valence-corrected chi connectivity index (χ3v) is 3.33. The van der Waals surface area contributed by atoms with Crippen LogP contribution in [-0.2, 0) is 11.3 Å². The molecule has 0 fully saturated rings. The van der Waals surface area contributed by atoms with Crippen molar-refractivity contribution in [3.63, 3.8) is 0 Å². The van der Waals surface area contributed by atoms with Gasteiger partial charge in [0, 0.05) is 32.8 Å². The zero-order chi connectivity index (χ0) is 15.7. The van der Waals surface area contributed by atoms with Gasteiger partial charge < -0.3 is 20.3 Å². The molecular formula is C16H28N2O3. The van der Waals surface area contributed by atoms with Crippen LogP contribution in [0.5, 0.6) is 5.75 Å². The lowest BCUT2D eigenvalue weighted by molar-refractivity contribution is 0.0453. The molecule has 1 aromatic rings. The number of nitrogens with two attached hydrogens (primary N) is 1. The Morgan fingerprint density at radius 3 is 2.71 bits per heavy atom. The standard InChI is InChI=1S/C16H28N2O3/c1-13(2)18(7-8-20-3)11-15(19)12-21-16-6-4-5-14(9-16)10-17/h4-6,9,13,15,19H,7-8,10-12,17H2,1-3H3. The summed E-state index contributed by atoms with van der Waals surface area (Å²) in [5, 5.41) is 10.1. The van der Waals surface area contributed by atoms with Crippen molar-refractivity contribution in [2.75, 3.05) is 33.4 Å². The Balaban J connectivity index is 2.42. The SMILES string of the molecule is COCCN(CC(O)COc1cccc(CN)c1)C(C)C. The number of benzene rings is 1. The third kappa shape index (κ3) is 6.91. The largest absolute Gasteiger partial charge is 0.491 e. The van der Waals surface area contributed by atoms with Crippen LogP contribution in [0.4, 0.5) is 0 Å². The summed E-state index contributed by atoms with van der Waals surface area (Å²) in [6, 6.07) is 7.99. The molecule has 0 aliphatic rings. The molecule has 5 nitrogen and oxygen atoms in total. The molecule has 0 saturated carbocycles. The number of ether oxygens (including phenoxy) is 2. The van der Waals surface area contributed by atoms with Gasteiger partial charge in [0.15, 0.2) is 0 Å². The van der Waals surface area contributed by atoms with Gasteiger partial charge in [0.2, 0.25) is 0 Å². The van der Waals surface area contributed by atoms with Crippen molar-refractivity contribution in [3.05, 3.63) is 29.8 Å². The van der Waals surface area contributed by atoms with Gasteiger partial charge in [0.1, 0.15) is 18.5 Å². The average Bonchev–Trinajstić information content (AvgIpc) is 2.49. The molecule has 0 aliphatic carbocycles.